The van der Waals surface area contributed by atoms with Crippen molar-refractivity contribution in [3.63, 3.8) is 0 Å². The molecule has 0 saturated carbocycles. The standard InChI is InChI=1S/C11H11NO3/c1-14-5-6-15-11-9(7-12)3-2-4-10(11)8-13/h2-4,8H,5-6H2,1H3. The van der Waals surface area contributed by atoms with Gasteiger partial charge in [0.1, 0.15) is 18.4 Å². The molecule has 0 bridgehead atoms. The highest BCUT2D eigenvalue weighted by molar-refractivity contribution is 5.81. The van der Waals surface area contributed by atoms with Gasteiger partial charge in [0, 0.05) is 7.11 Å². The highest BCUT2D eigenvalue weighted by atomic mass is 16.5. The summed E-state index contributed by atoms with van der Waals surface area (Å²) < 4.78 is 10.1. The van der Waals surface area contributed by atoms with Gasteiger partial charge in [0.15, 0.2) is 6.29 Å². The van der Waals surface area contributed by atoms with Gasteiger partial charge < -0.3 is 9.47 Å². The number of hydrogen-bond acceptors (Lipinski definition) is 4. The lowest BCUT2D eigenvalue weighted by molar-refractivity contribution is 0.111. The van der Waals surface area contributed by atoms with E-state index in [1.165, 1.54) is 0 Å². The van der Waals surface area contributed by atoms with Crippen LogP contribution in [0.15, 0.2) is 18.2 Å². The molecule has 1 aromatic rings. The highest BCUT2D eigenvalue weighted by Gasteiger charge is 2.08. The normalized spacial score (nSPS) is 9.33. The second-order valence-corrected chi connectivity index (χ2v) is 2.79. The Hall–Kier alpha value is -1.86. The number of nitrogens with zero attached hydrogens (tertiary/aromatic N) is 1. The molecular formula is C11H11NO3. The summed E-state index contributed by atoms with van der Waals surface area (Å²) in [5.74, 6) is 0.326. The van der Waals surface area contributed by atoms with Crippen molar-refractivity contribution in [3.05, 3.63) is 29.3 Å². The topological polar surface area (TPSA) is 59.3 Å². The fourth-order valence-electron chi connectivity index (χ4n) is 1.12. The van der Waals surface area contributed by atoms with E-state index in [4.69, 9.17) is 14.7 Å². The van der Waals surface area contributed by atoms with Gasteiger partial charge in [-0.2, -0.15) is 5.26 Å². The Morgan fingerprint density at radius 2 is 2.27 bits per heavy atom. The highest BCUT2D eigenvalue weighted by Crippen LogP contribution is 2.21. The van der Waals surface area contributed by atoms with Crippen molar-refractivity contribution < 1.29 is 14.3 Å². The SMILES string of the molecule is COCCOc1c(C#N)cccc1C=O. The summed E-state index contributed by atoms with van der Waals surface area (Å²) in [7, 11) is 1.56. The lowest BCUT2D eigenvalue weighted by atomic mass is 10.1. The zero-order valence-electron chi connectivity index (χ0n) is 8.40. The fraction of sp³-hybridized carbons (Fsp3) is 0.273. The van der Waals surface area contributed by atoms with Crippen molar-refractivity contribution in [2.45, 2.75) is 0 Å². The average Bonchev–Trinajstić information content (AvgIpc) is 2.29. The number of hydrogen-bond donors (Lipinski definition) is 0. The quantitative estimate of drug-likeness (QED) is 0.538. The van der Waals surface area contributed by atoms with Crippen LogP contribution in [0.2, 0.25) is 0 Å². The van der Waals surface area contributed by atoms with E-state index in [1.807, 2.05) is 6.07 Å². The monoisotopic (exact) mass is 205 g/mol. The molecule has 0 saturated heterocycles. The molecule has 0 heterocycles. The van der Waals surface area contributed by atoms with Crippen LogP contribution in [0.4, 0.5) is 0 Å². The molecule has 1 rings (SSSR count). The second kappa shape index (κ2) is 5.78. The number of benzene rings is 1. The molecule has 4 heteroatoms. The number of ether oxygens (including phenoxy) is 2. The predicted molar refractivity (Wildman–Crippen MR) is 53.9 cm³/mol. The molecule has 78 valence electrons. The Morgan fingerprint density at radius 1 is 1.47 bits per heavy atom. The molecule has 0 spiro atoms. The molecule has 4 nitrogen and oxygen atoms in total. The Bertz CT molecular complexity index is 382. The van der Waals surface area contributed by atoms with Crippen LogP contribution in [-0.4, -0.2) is 26.6 Å². The third kappa shape index (κ3) is 2.79. The molecule has 0 unspecified atom stereocenters. The summed E-state index contributed by atoms with van der Waals surface area (Å²) in [5.41, 5.74) is 0.737. The Kier molecular flexibility index (Phi) is 4.32. The van der Waals surface area contributed by atoms with Gasteiger partial charge >= 0.3 is 0 Å². The van der Waals surface area contributed by atoms with Crippen LogP contribution in [0.3, 0.4) is 0 Å². The van der Waals surface area contributed by atoms with Gasteiger partial charge in [0.2, 0.25) is 0 Å². The first-order chi connectivity index (χ1) is 7.33. The smallest absolute Gasteiger partial charge is 0.153 e. The molecule has 1 aromatic carbocycles. The van der Waals surface area contributed by atoms with Gasteiger partial charge in [-0.1, -0.05) is 6.07 Å². The molecule has 0 N–H and O–H groups in total. The van der Waals surface area contributed by atoms with Gasteiger partial charge in [-0.25, -0.2) is 0 Å². The molecule has 0 aliphatic heterocycles. The van der Waals surface area contributed by atoms with E-state index < -0.39 is 0 Å². The molecule has 0 radical (unpaired) electrons. The molecule has 0 aliphatic carbocycles. The van der Waals surface area contributed by atoms with E-state index in [-0.39, 0.29) is 0 Å². The van der Waals surface area contributed by atoms with Crippen molar-refractivity contribution in [2.75, 3.05) is 20.3 Å². The van der Waals surface area contributed by atoms with Crippen molar-refractivity contribution in [1.82, 2.24) is 0 Å². The van der Waals surface area contributed by atoms with Crippen LogP contribution < -0.4 is 4.74 Å². The van der Waals surface area contributed by atoms with Crippen LogP contribution in [0.25, 0.3) is 0 Å². The Balaban J connectivity index is 2.91. The third-order valence-corrected chi connectivity index (χ3v) is 1.83. The van der Waals surface area contributed by atoms with Crippen LogP contribution in [0.5, 0.6) is 5.75 Å². The van der Waals surface area contributed by atoms with Gasteiger partial charge in [-0.05, 0) is 12.1 Å². The summed E-state index contributed by atoms with van der Waals surface area (Å²) in [6.45, 7) is 0.730. The Morgan fingerprint density at radius 3 is 2.87 bits per heavy atom. The molecule has 0 amide bonds. The zero-order valence-corrected chi connectivity index (χ0v) is 8.40. The first kappa shape index (κ1) is 11.2. The average molecular weight is 205 g/mol. The first-order valence-electron chi connectivity index (χ1n) is 4.43. The molecule has 0 aliphatic rings. The number of carbonyl (C=O) groups excluding carboxylic acids is 1. The largest absolute Gasteiger partial charge is 0.489 e. The first-order valence-corrected chi connectivity index (χ1v) is 4.43. The summed E-state index contributed by atoms with van der Waals surface area (Å²) >= 11 is 0. The summed E-state index contributed by atoms with van der Waals surface area (Å²) in [5, 5.41) is 8.82. The second-order valence-electron chi connectivity index (χ2n) is 2.79. The summed E-state index contributed by atoms with van der Waals surface area (Å²) in [6, 6.07) is 6.83. The number of nitriles is 1. The maximum Gasteiger partial charge on any atom is 0.153 e. The van der Waals surface area contributed by atoms with Crippen molar-refractivity contribution in [1.29, 1.82) is 5.26 Å². The van der Waals surface area contributed by atoms with Crippen LogP contribution in [-0.2, 0) is 4.74 Å². The Labute approximate surface area is 88.0 Å². The maximum absolute atomic E-state index is 10.7. The molecule has 0 atom stereocenters. The number of carbonyl (C=O) groups is 1. The third-order valence-electron chi connectivity index (χ3n) is 1.83. The van der Waals surface area contributed by atoms with E-state index >= 15 is 0 Å². The lowest BCUT2D eigenvalue weighted by Crippen LogP contribution is -2.07. The predicted octanol–water partition coefficient (Wildman–Crippen LogP) is 1.40. The minimum Gasteiger partial charge on any atom is -0.489 e. The molecular weight excluding hydrogens is 194 g/mol. The fourth-order valence-corrected chi connectivity index (χ4v) is 1.12. The van der Waals surface area contributed by atoms with Gasteiger partial charge in [-0.3, -0.25) is 4.79 Å². The lowest BCUT2D eigenvalue weighted by Gasteiger charge is -2.08. The van der Waals surface area contributed by atoms with E-state index in [0.717, 1.165) is 0 Å². The molecule has 0 aromatic heterocycles. The molecule has 15 heavy (non-hydrogen) atoms. The maximum atomic E-state index is 10.7. The summed E-state index contributed by atoms with van der Waals surface area (Å²) in [4.78, 5) is 10.7. The van der Waals surface area contributed by atoms with Crippen molar-refractivity contribution in [3.8, 4) is 11.8 Å². The van der Waals surface area contributed by atoms with E-state index in [1.54, 1.807) is 25.3 Å². The van der Waals surface area contributed by atoms with Gasteiger partial charge in [0.05, 0.1) is 17.7 Å². The summed E-state index contributed by atoms with van der Waals surface area (Å²) in [6.07, 6.45) is 0.670. The van der Waals surface area contributed by atoms with Gasteiger partial charge in [0.25, 0.3) is 0 Å². The van der Waals surface area contributed by atoms with Crippen LogP contribution >= 0.6 is 0 Å². The number of aldehydes is 1. The van der Waals surface area contributed by atoms with Crippen LogP contribution in [0.1, 0.15) is 15.9 Å². The zero-order chi connectivity index (χ0) is 11.1. The number of rotatable bonds is 5. The van der Waals surface area contributed by atoms with Crippen molar-refractivity contribution in [2.24, 2.45) is 0 Å². The van der Waals surface area contributed by atoms with Gasteiger partial charge in [-0.15, -0.1) is 0 Å². The van der Waals surface area contributed by atoms with E-state index in [9.17, 15) is 4.79 Å². The van der Waals surface area contributed by atoms with Crippen molar-refractivity contribution >= 4 is 6.29 Å². The number of methoxy groups -OCH3 is 1. The van der Waals surface area contributed by atoms with Crippen LogP contribution in [0, 0.1) is 11.3 Å². The number of para-hydroxylation sites is 1. The minimum absolute atomic E-state index is 0.316. The molecule has 0 fully saturated rings. The van der Waals surface area contributed by atoms with E-state index in [0.29, 0.717) is 36.4 Å². The minimum atomic E-state index is 0.316. The van der Waals surface area contributed by atoms with E-state index in [2.05, 4.69) is 0 Å².